The van der Waals surface area contributed by atoms with Crippen molar-refractivity contribution in [2.24, 2.45) is 0 Å². The molecule has 0 saturated carbocycles. The Labute approximate surface area is 221 Å². The molecule has 4 aromatic rings. The Bertz CT molecular complexity index is 1540. The first kappa shape index (κ1) is 24.9. The lowest BCUT2D eigenvalue weighted by Gasteiger charge is -2.26. The molecule has 1 aliphatic heterocycles. The van der Waals surface area contributed by atoms with Gasteiger partial charge in [0.1, 0.15) is 5.82 Å². The van der Waals surface area contributed by atoms with Crippen LogP contribution in [0.1, 0.15) is 27.7 Å². The number of carbonyl (C=O) groups is 2. The average molecular weight is 540 g/mol. The Morgan fingerprint density at radius 1 is 1.05 bits per heavy atom. The van der Waals surface area contributed by atoms with Gasteiger partial charge in [-0.1, -0.05) is 47.5 Å². The fraction of sp³-hybridized carbons (Fsp3) is 0.143. The van der Waals surface area contributed by atoms with Gasteiger partial charge in [-0.2, -0.15) is 0 Å². The molecular weight excluding hydrogens is 520 g/mol. The molecule has 0 spiro atoms. The molecule has 1 unspecified atom stereocenters. The van der Waals surface area contributed by atoms with Crippen molar-refractivity contribution in [2.75, 3.05) is 13.7 Å². The first-order valence-electron chi connectivity index (χ1n) is 11.3. The van der Waals surface area contributed by atoms with Gasteiger partial charge < -0.3 is 19.2 Å². The van der Waals surface area contributed by atoms with E-state index in [0.29, 0.717) is 38.7 Å². The van der Waals surface area contributed by atoms with E-state index in [1.807, 2.05) is 12.1 Å². The maximum absolute atomic E-state index is 13.7. The maximum atomic E-state index is 13.7. The smallest absolute Gasteiger partial charge is 0.290 e. The third-order valence-corrected chi connectivity index (χ3v) is 6.75. The minimum absolute atomic E-state index is 0.100. The van der Waals surface area contributed by atoms with Crippen LogP contribution in [0.25, 0.3) is 11.0 Å². The van der Waals surface area contributed by atoms with Gasteiger partial charge in [-0.15, -0.1) is 0 Å². The van der Waals surface area contributed by atoms with Crippen LogP contribution in [0.4, 0.5) is 4.39 Å². The summed E-state index contributed by atoms with van der Waals surface area (Å²) < 4.78 is 24.8. The first-order chi connectivity index (χ1) is 17.8. The van der Waals surface area contributed by atoms with E-state index in [2.05, 4.69) is 0 Å². The molecule has 188 valence electrons. The maximum Gasteiger partial charge on any atom is 0.290 e. The zero-order valence-electron chi connectivity index (χ0n) is 19.5. The van der Waals surface area contributed by atoms with Crippen molar-refractivity contribution in [1.29, 1.82) is 0 Å². The van der Waals surface area contributed by atoms with Crippen LogP contribution < -0.4 is 4.74 Å². The third-order valence-electron chi connectivity index (χ3n) is 6.28. The highest BCUT2D eigenvalue weighted by atomic mass is 35.5. The number of amides is 1. The average Bonchev–Trinajstić information content (AvgIpc) is 3.42. The van der Waals surface area contributed by atoms with Crippen LogP contribution in [0.15, 0.2) is 82.5 Å². The second-order valence-electron chi connectivity index (χ2n) is 8.56. The van der Waals surface area contributed by atoms with Gasteiger partial charge in [0, 0.05) is 28.0 Å². The van der Waals surface area contributed by atoms with E-state index in [1.54, 1.807) is 24.3 Å². The van der Waals surface area contributed by atoms with Crippen molar-refractivity contribution in [3.05, 3.63) is 111 Å². The topological polar surface area (TPSA) is 80.0 Å². The number of aliphatic hydroxyl groups excluding tert-OH is 1. The molecule has 6 nitrogen and oxygen atoms in total. The number of methoxy groups -OCH3 is 1. The molecule has 1 N–H and O–H groups in total. The summed E-state index contributed by atoms with van der Waals surface area (Å²) in [6, 6.07) is 16.3. The third kappa shape index (κ3) is 4.68. The van der Waals surface area contributed by atoms with E-state index in [-0.39, 0.29) is 17.9 Å². The lowest BCUT2D eigenvalue weighted by molar-refractivity contribution is -0.129. The van der Waals surface area contributed by atoms with Crippen molar-refractivity contribution >= 4 is 45.9 Å². The number of ketones is 1. The predicted octanol–water partition coefficient (Wildman–Crippen LogP) is 6.71. The molecule has 2 heterocycles. The standard InChI is InChI=1S/C28H20Cl2FNO5/c1-36-22-14-19(30)12-17-13-21(37-27(17)22)25(33)23-24(16-4-8-20(31)9-5-16)32(28(35)26(23)34)11-10-15-2-6-18(29)7-3-15/h2-9,12-14,24,34H,10-11H2,1H3. The highest BCUT2D eigenvalue weighted by Gasteiger charge is 2.44. The lowest BCUT2D eigenvalue weighted by atomic mass is 9.94. The zero-order valence-corrected chi connectivity index (χ0v) is 21.0. The summed E-state index contributed by atoms with van der Waals surface area (Å²) in [6.07, 6.45) is 0.440. The number of hydrogen-bond acceptors (Lipinski definition) is 5. The van der Waals surface area contributed by atoms with Gasteiger partial charge in [0.05, 0.1) is 18.7 Å². The number of benzene rings is 3. The molecule has 1 atom stereocenters. The van der Waals surface area contributed by atoms with Crippen LogP contribution in [0.5, 0.6) is 5.75 Å². The Kier molecular flexibility index (Phi) is 6.67. The van der Waals surface area contributed by atoms with Gasteiger partial charge in [0.2, 0.25) is 5.78 Å². The summed E-state index contributed by atoms with van der Waals surface area (Å²) in [7, 11) is 1.45. The van der Waals surface area contributed by atoms with Gasteiger partial charge in [-0.3, -0.25) is 9.59 Å². The van der Waals surface area contributed by atoms with Crippen molar-refractivity contribution in [1.82, 2.24) is 4.90 Å². The SMILES string of the molecule is COc1cc(Cl)cc2cc(C(=O)C3=C(O)C(=O)N(CCc4ccc(Cl)cc4)C3c3ccc(F)cc3)oc12. The summed E-state index contributed by atoms with van der Waals surface area (Å²) in [6.45, 7) is 0.187. The number of halogens is 3. The van der Waals surface area contributed by atoms with Crippen LogP contribution in [-0.2, 0) is 11.2 Å². The normalized spacial score (nSPS) is 15.6. The van der Waals surface area contributed by atoms with E-state index in [4.69, 9.17) is 32.4 Å². The number of furan rings is 1. The molecule has 1 aromatic heterocycles. The van der Waals surface area contributed by atoms with Crippen molar-refractivity contribution < 1.29 is 28.2 Å². The van der Waals surface area contributed by atoms with Crippen molar-refractivity contribution in [3.63, 3.8) is 0 Å². The predicted molar refractivity (Wildman–Crippen MR) is 138 cm³/mol. The number of rotatable bonds is 7. The Balaban J connectivity index is 1.54. The number of hydrogen-bond donors (Lipinski definition) is 1. The van der Waals surface area contributed by atoms with Gasteiger partial charge in [-0.25, -0.2) is 4.39 Å². The molecule has 0 fully saturated rings. The fourth-order valence-corrected chi connectivity index (χ4v) is 4.83. The zero-order chi connectivity index (χ0) is 26.3. The minimum atomic E-state index is -0.952. The molecule has 1 amide bonds. The number of fused-ring (bicyclic) bond motifs is 1. The monoisotopic (exact) mass is 539 g/mol. The minimum Gasteiger partial charge on any atom is -0.503 e. The highest BCUT2D eigenvalue weighted by Crippen LogP contribution is 2.41. The summed E-state index contributed by atoms with van der Waals surface area (Å²) in [5, 5.41) is 12.4. The number of nitrogens with zero attached hydrogens (tertiary/aromatic N) is 1. The number of carbonyl (C=O) groups excluding carboxylic acids is 2. The van der Waals surface area contributed by atoms with Crippen molar-refractivity contribution in [3.8, 4) is 5.75 Å². The second-order valence-corrected chi connectivity index (χ2v) is 9.43. The number of aliphatic hydroxyl groups is 1. The molecule has 3 aromatic carbocycles. The Morgan fingerprint density at radius 3 is 2.43 bits per heavy atom. The fourth-order valence-electron chi connectivity index (χ4n) is 4.49. The van der Waals surface area contributed by atoms with Gasteiger partial charge >= 0.3 is 0 Å². The van der Waals surface area contributed by atoms with Crippen LogP contribution in [0.3, 0.4) is 0 Å². The molecule has 0 aliphatic carbocycles. The van der Waals surface area contributed by atoms with Crippen LogP contribution >= 0.6 is 23.2 Å². The van der Waals surface area contributed by atoms with Gasteiger partial charge in [-0.05, 0) is 53.9 Å². The number of Topliss-reactive ketones (excluding diaryl/α,β-unsaturated/α-hetero) is 1. The van der Waals surface area contributed by atoms with Crippen molar-refractivity contribution in [2.45, 2.75) is 12.5 Å². The van der Waals surface area contributed by atoms with E-state index in [0.717, 1.165) is 5.56 Å². The summed E-state index contributed by atoms with van der Waals surface area (Å²) in [5.74, 6) is -2.30. The summed E-state index contributed by atoms with van der Waals surface area (Å²) in [4.78, 5) is 28.3. The lowest BCUT2D eigenvalue weighted by Crippen LogP contribution is -2.33. The highest BCUT2D eigenvalue weighted by molar-refractivity contribution is 6.31. The molecular formula is C28H20Cl2FNO5. The van der Waals surface area contributed by atoms with Gasteiger partial charge in [0.25, 0.3) is 5.91 Å². The van der Waals surface area contributed by atoms with Crippen LogP contribution in [0, 0.1) is 5.82 Å². The second kappa shape index (κ2) is 9.92. The van der Waals surface area contributed by atoms with E-state index in [9.17, 15) is 19.1 Å². The molecule has 0 saturated heterocycles. The summed E-state index contributed by atoms with van der Waals surface area (Å²) in [5.41, 5.74) is 1.53. The van der Waals surface area contributed by atoms with Gasteiger partial charge in [0.15, 0.2) is 22.9 Å². The van der Waals surface area contributed by atoms with Crippen LogP contribution in [-0.4, -0.2) is 35.4 Å². The molecule has 0 bridgehead atoms. The Hall–Kier alpha value is -3.81. The molecule has 1 aliphatic rings. The number of ether oxygens (including phenoxy) is 1. The largest absolute Gasteiger partial charge is 0.503 e. The summed E-state index contributed by atoms with van der Waals surface area (Å²) >= 11 is 12.1. The van der Waals surface area contributed by atoms with E-state index in [1.165, 1.54) is 42.3 Å². The first-order valence-corrected chi connectivity index (χ1v) is 12.1. The van der Waals surface area contributed by atoms with Crippen LogP contribution in [0.2, 0.25) is 10.0 Å². The van der Waals surface area contributed by atoms with E-state index >= 15 is 0 Å². The molecule has 0 radical (unpaired) electrons. The molecule has 5 rings (SSSR count). The van der Waals surface area contributed by atoms with E-state index < -0.39 is 29.3 Å². The quantitative estimate of drug-likeness (QED) is 0.264. The molecule has 37 heavy (non-hydrogen) atoms. The Morgan fingerprint density at radius 2 is 1.76 bits per heavy atom. The molecule has 9 heteroatoms.